The molecule has 0 saturated heterocycles. The number of benzene rings is 1. The van der Waals surface area contributed by atoms with Crippen molar-refractivity contribution < 1.29 is 4.79 Å². The maximum absolute atomic E-state index is 12.5. The van der Waals surface area contributed by atoms with Crippen LogP contribution in [-0.4, -0.2) is 27.0 Å². The second-order valence-corrected chi connectivity index (χ2v) is 7.03. The van der Waals surface area contributed by atoms with Crippen molar-refractivity contribution in [2.45, 2.75) is 52.9 Å². The van der Waals surface area contributed by atoms with Gasteiger partial charge in [0.1, 0.15) is 5.56 Å². The van der Waals surface area contributed by atoms with Gasteiger partial charge in [-0.3, -0.25) is 4.79 Å². The molecule has 3 aromatic rings. The van der Waals surface area contributed by atoms with Crippen molar-refractivity contribution in [3.05, 3.63) is 64.6 Å². The minimum Gasteiger partial charge on any atom is -0.352 e. The van der Waals surface area contributed by atoms with Crippen LogP contribution in [0.25, 0.3) is 5.65 Å². The van der Waals surface area contributed by atoms with Crippen molar-refractivity contribution in [3.8, 4) is 0 Å². The van der Waals surface area contributed by atoms with E-state index in [0.717, 1.165) is 36.2 Å². The fourth-order valence-electron chi connectivity index (χ4n) is 3.38. The Kier molecular flexibility index (Phi) is 6.22. The van der Waals surface area contributed by atoms with Gasteiger partial charge in [-0.2, -0.15) is 5.10 Å². The number of hydrogen-bond acceptors (Lipinski definition) is 3. The van der Waals surface area contributed by atoms with E-state index in [4.69, 9.17) is 4.98 Å². The molecule has 2 aromatic heterocycles. The largest absolute Gasteiger partial charge is 0.352 e. The first-order valence-corrected chi connectivity index (χ1v) is 9.77. The number of aromatic nitrogens is 3. The Morgan fingerprint density at radius 2 is 1.89 bits per heavy atom. The second-order valence-electron chi connectivity index (χ2n) is 7.03. The number of carbonyl (C=O) groups is 1. The molecule has 0 aliphatic carbocycles. The van der Waals surface area contributed by atoms with E-state index in [2.05, 4.69) is 29.5 Å². The first kappa shape index (κ1) is 19.1. The first-order chi connectivity index (χ1) is 13.1. The predicted molar refractivity (Wildman–Crippen MR) is 108 cm³/mol. The molecule has 142 valence electrons. The van der Waals surface area contributed by atoms with Gasteiger partial charge in [0.25, 0.3) is 5.91 Å². The lowest BCUT2D eigenvalue weighted by Crippen LogP contribution is -2.24. The van der Waals surface area contributed by atoms with E-state index in [0.29, 0.717) is 17.8 Å². The Balaban J connectivity index is 1.81. The van der Waals surface area contributed by atoms with Crippen molar-refractivity contribution in [1.82, 2.24) is 19.9 Å². The summed E-state index contributed by atoms with van der Waals surface area (Å²) in [5, 5.41) is 7.43. The zero-order valence-corrected chi connectivity index (χ0v) is 16.5. The van der Waals surface area contributed by atoms with Crippen LogP contribution in [0.15, 0.2) is 36.5 Å². The molecule has 0 fully saturated rings. The Morgan fingerprint density at radius 3 is 2.63 bits per heavy atom. The van der Waals surface area contributed by atoms with Crippen molar-refractivity contribution in [3.63, 3.8) is 0 Å². The predicted octanol–water partition coefficient (Wildman–Crippen LogP) is 4.25. The summed E-state index contributed by atoms with van der Waals surface area (Å²) in [6.45, 7) is 6.92. The highest BCUT2D eigenvalue weighted by molar-refractivity contribution is 5.99. The maximum Gasteiger partial charge on any atom is 0.256 e. The molecule has 0 aliphatic heterocycles. The lowest BCUT2D eigenvalue weighted by atomic mass is 10.0. The van der Waals surface area contributed by atoms with Crippen molar-refractivity contribution in [1.29, 1.82) is 0 Å². The van der Waals surface area contributed by atoms with E-state index in [1.54, 1.807) is 10.7 Å². The average molecular weight is 364 g/mol. The molecular weight excluding hydrogens is 336 g/mol. The van der Waals surface area contributed by atoms with Crippen LogP contribution in [0.4, 0.5) is 0 Å². The van der Waals surface area contributed by atoms with Crippen LogP contribution in [0, 0.1) is 13.8 Å². The van der Waals surface area contributed by atoms with Gasteiger partial charge < -0.3 is 5.32 Å². The Hall–Kier alpha value is -2.69. The Morgan fingerprint density at radius 1 is 1.11 bits per heavy atom. The number of rotatable bonds is 8. The monoisotopic (exact) mass is 364 g/mol. The number of aryl methyl sites for hydroxylation is 2. The zero-order chi connectivity index (χ0) is 19.2. The van der Waals surface area contributed by atoms with Gasteiger partial charge in [0.05, 0.1) is 6.20 Å². The molecule has 3 rings (SSSR count). The molecule has 0 radical (unpaired) electrons. The van der Waals surface area contributed by atoms with E-state index in [-0.39, 0.29) is 5.91 Å². The first-order valence-electron chi connectivity index (χ1n) is 9.77. The number of unbranched alkanes of at least 4 members (excludes halogenated alkanes) is 3. The highest BCUT2D eigenvalue weighted by Gasteiger charge is 2.18. The third kappa shape index (κ3) is 4.35. The molecule has 0 bridgehead atoms. The highest BCUT2D eigenvalue weighted by atomic mass is 16.1. The van der Waals surface area contributed by atoms with Crippen molar-refractivity contribution in [2.75, 3.05) is 6.54 Å². The molecular formula is C22H28N4O. The molecule has 0 unspecified atom stereocenters. The van der Waals surface area contributed by atoms with Gasteiger partial charge in [0, 0.05) is 24.4 Å². The zero-order valence-electron chi connectivity index (χ0n) is 16.5. The van der Waals surface area contributed by atoms with E-state index in [9.17, 15) is 4.79 Å². The molecule has 2 heterocycles. The van der Waals surface area contributed by atoms with Gasteiger partial charge in [0.15, 0.2) is 5.65 Å². The minimum atomic E-state index is -0.0939. The maximum atomic E-state index is 12.5. The van der Waals surface area contributed by atoms with E-state index >= 15 is 0 Å². The summed E-state index contributed by atoms with van der Waals surface area (Å²) in [6.07, 6.45) is 6.98. The smallest absolute Gasteiger partial charge is 0.256 e. The summed E-state index contributed by atoms with van der Waals surface area (Å²) in [5.41, 5.74) is 5.55. The van der Waals surface area contributed by atoms with Gasteiger partial charge in [0.2, 0.25) is 0 Å². The molecule has 5 heteroatoms. The van der Waals surface area contributed by atoms with Crippen molar-refractivity contribution >= 4 is 11.6 Å². The molecule has 1 N–H and O–H groups in total. The molecule has 1 aromatic carbocycles. The van der Waals surface area contributed by atoms with E-state index in [1.165, 1.54) is 18.4 Å². The minimum absolute atomic E-state index is 0.0939. The lowest BCUT2D eigenvalue weighted by molar-refractivity contribution is 0.0954. The number of nitrogens with zero attached hydrogens (tertiary/aromatic N) is 3. The summed E-state index contributed by atoms with van der Waals surface area (Å²) in [5.74, 6) is -0.0939. The molecule has 0 saturated carbocycles. The number of hydrogen-bond donors (Lipinski definition) is 1. The van der Waals surface area contributed by atoms with Gasteiger partial charge >= 0.3 is 0 Å². The summed E-state index contributed by atoms with van der Waals surface area (Å²) in [6, 6.07) is 10.3. The van der Waals surface area contributed by atoms with Crippen LogP contribution in [-0.2, 0) is 6.42 Å². The average Bonchev–Trinajstić information content (AvgIpc) is 3.09. The second kappa shape index (κ2) is 8.80. The third-order valence-electron chi connectivity index (χ3n) is 4.99. The summed E-state index contributed by atoms with van der Waals surface area (Å²) >= 11 is 0. The van der Waals surface area contributed by atoms with Gasteiger partial charge in [-0.05, 0) is 31.4 Å². The van der Waals surface area contributed by atoms with Gasteiger partial charge in [-0.25, -0.2) is 9.50 Å². The van der Waals surface area contributed by atoms with Crippen molar-refractivity contribution in [2.24, 2.45) is 0 Å². The Bertz CT molecular complexity index is 915. The summed E-state index contributed by atoms with van der Waals surface area (Å²) < 4.78 is 1.79. The lowest BCUT2D eigenvalue weighted by Gasteiger charge is -2.12. The summed E-state index contributed by atoms with van der Waals surface area (Å²) in [7, 11) is 0. The van der Waals surface area contributed by atoms with E-state index < -0.39 is 0 Å². The molecule has 0 atom stereocenters. The van der Waals surface area contributed by atoms with Crippen LogP contribution in [0.5, 0.6) is 0 Å². The normalized spacial score (nSPS) is 11.1. The molecule has 5 nitrogen and oxygen atoms in total. The van der Waals surface area contributed by atoms with Crippen LogP contribution >= 0.6 is 0 Å². The summed E-state index contributed by atoms with van der Waals surface area (Å²) in [4.78, 5) is 17.3. The van der Waals surface area contributed by atoms with Crippen LogP contribution < -0.4 is 5.32 Å². The van der Waals surface area contributed by atoms with E-state index in [1.807, 2.05) is 32.0 Å². The molecule has 0 spiro atoms. The number of carbonyl (C=O) groups excluding carboxylic acids is 1. The topological polar surface area (TPSA) is 59.3 Å². The third-order valence-corrected chi connectivity index (χ3v) is 4.99. The quantitative estimate of drug-likeness (QED) is 0.608. The number of amides is 1. The standard InChI is InChI=1S/C22H28N4O/c1-4-5-6-10-13-23-22(27)20-15-24-26-17(3)19(16(2)25-21(20)26)14-18-11-8-7-9-12-18/h7-9,11-12,15H,4-6,10,13-14H2,1-3H3,(H,23,27). The fourth-order valence-corrected chi connectivity index (χ4v) is 3.38. The highest BCUT2D eigenvalue weighted by Crippen LogP contribution is 2.20. The van der Waals surface area contributed by atoms with Crippen LogP contribution in [0.3, 0.4) is 0 Å². The number of nitrogens with one attached hydrogen (secondary N) is 1. The number of fused-ring (bicyclic) bond motifs is 1. The molecule has 27 heavy (non-hydrogen) atoms. The van der Waals surface area contributed by atoms with Crippen LogP contribution in [0.1, 0.15) is 65.5 Å². The molecule has 1 amide bonds. The van der Waals surface area contributed by atoms with Gasteiger partial charge in [-0.15, -0.1) is 0 Å². The fraction of sp³-hybridized carbons (Fsp3) is 0.409. The van der Waals surface area contributed by atoms with Gasteiger partial charge in [-0.1, -0.05) is 56.5 Å². The molecule has 0 aliphatic rings. The van der Waals surface area contributed by atoms with Crippen LogP contribution in [0.2, 0.25) is 0 Å². The Labute approximate surface area is 160 Å². The SMILES string of the molecule is CCCCCCNC(=O)c1cnn2c(C)c(Cc3ccccc3)c(C)nc12.